The molecule has 2 N–H and O–H groups in total. The maximum Gasteiger partial charge on any atom is 0.191 e. The lowest BCUT2D eigenvalue weighted by Gasteiger charge is -2.18. The van der Waals surface area contributed by atoms with Crippen molar-refractivity contribution in [1.82, 2.24) is 15.5 Å². The minimum atomic E-state index is 0.593. The van der Waals surface area contributed by atoms with E-state index in [-0.39, 0.29) is 0 Å². The summed E-state index contributed by atoms with van der Waals surface area (Å²) in [7, 11) is 3.86. The van der Waals surface area contributed by atoms with Crippen molar-refractivity contribution in [3.8, 4) is 11.5 Å². The first-order valence-electron chi connectivity index (χ1n) is 9.81. The topological polar surface area (TPSA) is 67.4 Å². The van der Waals surface area contributed by atoms with E-state index in [2.05, 4.69) is 34.5 Å². The van der Waals surface area contributed by atoms with Crippen molar-refractivity contribution < 1.29 is 14.2 Å². The summed E-state index contributed by atoms with van der Waals surface area (Å²) in [6.45, 7) is 8.53. The third kappa shape index (κ3) is 8.05. The summed E-state index contributed by atoms with van der Waals surface area (Å²) < 4.78 is 16.5. The Kier molecular flexibility index (Phi) is 9.79. The van der Waals surface area contributed by atoms with Gasteiger partial charge < -0.3 is 29.7 Å². The molecule has 0 unspecified atom stereocenters. The van der Waals surface area contributed by atoms with Crippen molar-refractivity contribution in [2.45, 2.75) is 26.3 Å². The summed E-state index contributed by atoms with van der Waals surface area (Å²) in [5, 5.41) is 6.69. The lowest BCUT2D eigenvalue weighted by atomic mass is 10.2. The zero-order valence-corrected chi connectivity index (χ0v) is 16.9. The molecule has 1 aliphatic rings. The monoisotopic (exact) mass is 378 g/mol. The predicted molar refractivity (Wildman–Crippen MR) is 109 cm³/mol. The molecule has 2 rings (SSSR count). The van der Waals surface area contributed by atoms with Crippen molar-refractivity contribution in [2.75, 3.05) is 60.2 Å². The average Bonchev–Trinajstić information content (AvgIpc) is 2.91. The average molecular weight is 379 g/mol. The number of guanidine groups is 1. The first kappa shape index (κ1) is 21.3. The Hall–Kier alpha value is -1.99. The van der Waals surface area contributed by atoms with Gasteiger partial charge in [0.15, 0.2) is 17.5 Å². The summed E-state index contributed by atoms with van der Waals surface area (Å²) in [4.78, 5) is 6.98. The van der Waals surface area contributed by atoms with Gasteiger partial charge in [0.1, 0.15) is 0 Å². The molecular weight excluding hydrogens is 344 g/mol. The molecule has 0 amide bonds. The van der Waals surface area contributed by atoms with Crippen molar-refractivity contribution in [1.29, 1.82) is 0 Å². The lowest BCUT2D eigenvalue weighted by Crippen LogP contribution is -2.41. The number of methoxy groups -OCH3 is 1. The van der Waals surface area contributed by atoms with Crippen LogP contribution in [0.1, 0.15) is 25.3 Å². The largest absolute Gasteiger partial charge is 0.490 e. The minimum absolute atomic E-state index is 0.593. The standard InChI is InChI=1S/C20H34N4O3/c1-4-21-20(22-9-11-24(2)10-5-12-25-3)23-16-17-7-8-18-19(15-17)27-14-6-13-26-18/h7-8,15H,4-6,9-14,16H2,1-3H3,(H2,21,22,23). The highest BCUT2D eigenvalue weighted by Crippen LogP contribution is 2.30. The Morgan fingerprint density at radius 2 is 2.00 bits per heavy atom. The van der Waals surface area contributed by atoms with Crippen molar-refractivity contribution in [3.63, 3.8) is 0 Å². The van der Waals surface area contributed by atoms with Crippen LogP contribution in [0.3, 0.4) is 0 Å². The van der Waals surface area contributed by atoms with E-state index < -0.39 is 0 Å². The van der Waals surface area contributed by atoms with Crippen LogP contribution in [0, 0.1) is 0 Å². The van der Waals surface area contributed by atoms with Crippen molar-refractivity contribution in [2.24, 2.45) is 4.99 Å². The SMILES string of the molecule is CCNC(=NCc1ccc2c(c1)OCCCO2)NCCN(C)CCCOC. The highest BCUT2D eigenvalue weighted by Gasteiger charge is 2.10. The van der Waals surface area contributed by atoms with Crippen molar-refractivity contribution in [3.05, 3.63) is 23.8 Å². The molecule has 7 heteroatoms. The summed E-state index contributed by atoms with van der Waals surface area (Å²) in [6.07, 6.45) is 1.96. The molecule has 0 aliphatic carbocycles. The molecule has 1 heterocycles. The van der Waals surface area contributed by atoms with Gasteiger partial charge in [-0.05, 0) is 38.1 Å². The molecule has 27 heavy (non-hydrogen) atoms. The van der Waals surface area contributed by atoms with Crippen LogP contribution in [0.5, 0.6) is 11.5 Å². The van der Waals surface area contributed by atoms with Crippen LogP contribution in [-0.4, -0.2) is 71.0 Å². The second-order valence-electron chi connectivity index (χ2n) is 6.60. The number of aliphatic imine (C=N–C) groups is 1. The molecule has 0 aromatic heterocycles. The number of nitrogens with one attached hydrogen (secondary N) is 2. The first-order chi connectivity index (χ1) is 13.2. The van der Waals surface area contributed by atoms with Crippen molar-refractivity contribution >= 4 is 5.96 Å². The zero-order valence-electron chi connectivity index (χ0n) is 16.9. The van der Waals surface area contributed by atoms with Gasteiger partial charge in [-0.15, -0.1) is 0 Å². The predicted octanol–water partition coefficient (Wildman–Crippen LogP) is 1.87. The van der Waals surface area contributed by atoms with Crippen LogP contribution in [0.4, 0.5) is 0 Å². The molecule has 7 nitrogen and oxygen atoms in total. The van der Waals surface area contributed by atoms with Crippen LogP contribution >= 0.6 is 0 Å². The molecule has 0 bridgehead atoms. The van der Waals surface area contributed by atoms with Gasteiger partial charge in [-0.2, -0.15) is 0 Å². The summed E-state index contributed by atoms with van der Waals surface area (Å²) in [5.41, 5.74) is 1.10. The highest BCUT2D eigenvalue weighted by atomic mass is 16.5. The molecule has 1 aliphatic heterocycles. The molecule has 0 saturated heterocycles. The van der Waals surface area contributed by atoms with Crippen LogP contribution < -0.4 is 20.1 Å². The number of rotatable bonds is 10. The number of fused-ring (bicyclic) bond motifs is 1. The van der Waals surface area contributed by atoms with E-state index in [1.54, 1.807) is 7.11 Å². The fraction of sp³-hybridized carbons (Fsp3) is 0.650. The Balaban J connectivity index is 1.83. The summed E-state index contributed by atoms with van der Waals surface area (Å²) >= 11 is 0. The van der Waals surface area contributed by atoms with Crippen LogP contribution in [0.25, 0.3) is 0 Å². The van der Waals surface area contributed by atoms with Crippen LogP contribution in [0.2, 0.25) is 0 Å². The van der Waals surface area contributed by atoms with Gasteiger partial charge in [0.05, 0.1) is 19.8 Å². The number of nitrogens with zero attached hydrogens (tertiary/aromatic N) is 2. The maximum absolute atomic E-state index is 5.76. The molecule has 152 valence electrons. The Morgan fingerprint density at radius 3 is 2.78 bits per heavy atom. The third-order valence-corrected chi connectivity index (χ3v) is 4.25. The quantitative estimate of drug-likeness (QED) is 0.368. The fourth-order valence-electron chi connectivity index (χ4n) is 2.77. The van der Waals surface area contributed by atoms with Gasteiger partial charge in [0.25, 0.3) is 0 Å². The van der Waals surface area contributed by atoms with E-state index in [0.717, 1.165) is 68.6 Å². The van der Waals surface area contributed by atoms with E-state index in [9.17, 15) is 0 Å². The third-order valence-electron chi connectivity index (χ3n) is 4.25. The number of likely N-dealkylation sites (N-methyl/N-ethyl adjacent to an activating group) is 1. The van der Waals surface area contributed by atoms with Gasteiger partial charge in [-0.1, -0.05) is 6.07 Å². The molecule has 0 atom stereocenters. The Morgan fingerprint density at radius 1 is 1.19 bits per heavy atom. The van der Waals surface area contributed by atoms with Crippen LogP contribution in [0.15, 0.2) is 23.2 Å². The zero-order chi connectivity index (χ0) is 19.3. The van der Waals surface area contributed by atoms with Gasteiger partial charge >= 0.3 is 0 Å². The van der Waals surface area contributed by atoms with Gasteiger partial charge in [-0.25, -0.2) is 4.99 Å². The van der Waals surface area contributed by atoms with E-state index >= 15 is 0 Å². The van der Waals surface area contributed by atoms with E-state index in [1.807, 2.05) is 18.2 Å². The second-order valence-corrected chi connectivity index (χ2v) is 6.60. The lowest BCUT2D eigenvalue weighted by molar-refractivity contribution is 0.180. The van der Waals surface area contributed by atoms with Gasteiger partial charge in [0, 0.05) is 46.3 Å². The fourth-order valence-corrected chi connectivity index (χ4v) is 2.77. The smallest absolute Gasteiger partial charge is 0.191 e. The number of benzene rings is 1. The number of hydrogen-bond donors (Lipinski definition) is 2. The van der Waals surface area contributed by atoms with E-state index in [0.29, 0.717) is 19.8 Å². The van der Waals surface area contributed by atoms with Gasteiger partial charge in [0.2, 0.25) is 0 Å². The van der Waals surface area contributed by atoms with E-state index in [4.69, 9.17) is 14.2 Å². The molecule has 1 aromatic carbocycles. The minimum Gasteiger partial charge on any atom is -0.490 e. The molecular formula is C20H34N4O3. The normalized spacial score (nSPS) is 14.1. The molecule has 0 fully saturated rings. The molecule has 1 aromatic rings. The second kappa shape index (κ2) is 12.4. The van der Waals surface area contributed by atoms with Gasteiger partial charge in [-0.3, -0.25) is 0 Å². The summed E-state index contributed by atoms with van der Waals surface area (Å²) in [6, 6.07) is 6.04. The maximum atomic E-state index is 5.76. The number of ether oxygens (including phenoxy) is 3. The first-order valence-corrected chi connectivity index (χ1v) is 9.81. The Bertz CT molecular complexity index is 580. The van der Waals surface area contributed by atoms with E-state index in [1.165, 1.54) is 0 Å². The molecule has 0 saturated carbocycles. The number of hydrogen-bond acceptors (Lipinski definition) is 5. The summed E-state index contributed by atoms with van der Waals surface area (Å²) in [5.74, 6) is 2.47. The highest BCUT2D eigenvalue weighted by molar-refractivity contribution is 5.79. The van der Waals surface area contributed by atoms with Crippen LogP contribution in [-0.2, 0) is 11.3 Å². The molecule has 0 radical (unpaired) electrons. The Labute approximate surface area is 163 Å². The molecule has 0 spiro atoms.